The predicted molar refractivity (Wildman–Crippen MR) is 76.1 cm³/mol. The molecule has 100 valence electrons. The summed E-state index contributed by atoms with van der Waals surface area (Å²) in [5.41, 5.74) is 1.36. The molecule has 0 bridgehead atoms. The monoisotopic (exact) mass is 325 g/mol. The van der Waals surface area contributed by atoms with Crippen molar-refractivity contribution in [1.82, 2.24) is 0 Å². The fourth-order valence-electron chi connectivity index (χ4n) is 1.62. The van der Waals surface area contributed by atoms with Crippen molar-refractivity contribution in [1.29, 1.82) is 0 Å². The Morgan fingerprint density at radius 2 is 2.05 bits per heavy atom. The summed E-state index contributed by atoms with van der Waals surface area (Å²) in [4.78, 5) is 0. The molecule has 0 spiro atoms. The van der Waals surface area contributed by atoms with Crippen molar-refractivity contribution in [2.45, 2.75) is 6.54 Å². The van der Waals surface area contributed by atoms with E-state index in [0.29, 0.717) is 28.0 Å². The van der Waals surface area contributed by atoms with Gasteiger partial charge in [0, 0.05) is 23.9 Å². The van der Waals surface area contributed by atoms with Crippen LogP contribution in [0, 0.1) is 5.82 Å². The molecule has 2 N–H and O–H groups in total. The van der Waals surface area contributed by atoms with E-state index in [-0.39, 0.29) is 11.6 Å². The molecule has 0 aliphatic carbocycles. The molecule has 2 aromatic carbocycles. The minimum absolute atomic E-state index is 0.143. The predicted octanol–water partition coefficient (Wildman–Crippen LogP) is 3.91. The second-order valence-corrected chi connectivity index (χ2v) is 4.83. The van der Waals surface area contributed by atoms with Crippen molar-refractivity contribution in [3.63, 3.8) is 0 Å². The average Bonchev–Trinajstić information content (AvgIpc) is 2.41. The maximum absolute atomic E-state index is 13.3. The van der Waals surface area contributed by atoms with E-state index in [1.54, 1.807) is 30.3 Å². The Bertz CT molecular complexity index is 590. The zero-order valence-corrected chi connectivity index (χ0v) is 11.9. The summed E-state index contributed by atoms with van der Waals surface area (Å²) in [7, 11) is 1.54. The minimum atomic E-state index is -0.330. The van der Waals surface area contributed by atoms with Gasteiger partial charge in [0.25, 0.3) is 0 Å². The van der Waals surface area contributed by atoms with Crippen LogP contribution >= 0.6 is 15.9 Å². The normalized spacial score (nSPS) is 10.3. The van der Waals surface area contributed by atoms with E-state index >= 15 is 0 Å². The Labute approximate surface area is 119 Å². The van der Waals surface area contributed by atoms with E-state index in [1.165, 1.54) is 13.2 Å². The third-order valence-corrected chi connectivity index (χ3v) is 3.34. The molecule has 0 atom stereocenters. The van der Waals surface area contributed by atoms with Crippen LogP contribution < -0.4 is 10.1 Å². The Kier molecular flexibility index (Phi) is 4.27. The van der Waals surface area contributed by atoms with Gasteiger partial charge in [-0.15, -0.1) is 0 Å². The highest BCUT2D eigenvalue weighted by Crippen LogP contribution is 2.25. The van der Waals surface area contributed by atoms with Crippen LogP contribution in [-0.2, 0) is 6.54 Å². The molecule has 19 heavy (non-hydrogen) atoms. The Morgan fingerprint density at radius 1 is 1.26 bits per heavy atom. The molecule has 0 aliphatic rings. The molecule has 0 aliphatic heterocycles. The number of ether oxygens (including phenoxy) is 1. The molecule has 2 rings (SSSR count). The number of phenolic OH excluding ortho intramolecular Hbond substituents is 1. The van der Waals surface area contributed by atoms with Crippen LogP contribution in [0.2, 0.25) is 0 Å². The van der Waals surface area contributed by atoms with Crippen LogP contribution in [0.5, 0.6) is 11.5 Å². The summed E-state index contributed by atoms with van der Waals surface area (Å²) in [6.07, 6.45) is 0. The lowest BCUT2D eigenvalue weighted by atomic mass is 10.2. The number of benzene rings is 2. The van der Waals surface area contributed by atoms with Crippen LogP contribution in [0.3, 0.4) is 0 Å². The van der Waals surface area contributed by atoms with Gasteiger partial charge in [-0.3, -0.25) is 0 Å². The van der Waals surface area contributed by atoms with Crippen LogP contribution in [0.1, 0.15) is 5.56 Å². The van der Waals surface area contributed by atoms with Crippen molar-refractivity contribution in [2.24, 2.45) is 0 Å². The first-order valence-corrected chi connectivity index (χ1v) is 6.44. The quantitative estimate of drug-likeness (QED) is 0.895. The molecule has 0 saturated heterocycles. The number of anilines is 1. The van der Waals surface area contributed by atoms with Gasteiger partial charge < -0.3 is 15.2 Å². The van der Waals surface area contributed by atoms with E-state index < -0.39 is 0 Å². The molecule has 0 saturated carbocycles. The van der Waals surface area contributed by atoms with Crippen LogP contribution in [0.4, 0.5) is 10.1 Å². The highest BCUT2D eigenvalue weighted by Gasteiger charge is 2.04. The maximum atomic E-state index is 13.3. The second kappa shape index (κ2) is 5.93. The lowest BCUT2D eigenvalue weighted by Gasteiger charge is -2.10. The second-order valence-electron chi connectivity index (χ2n) is 3.98. The first-order chi connectivity index (χ1) is 9.10. The smallest absolute Gasteiger partial charge is 0.139 e. The summed E-state index contributed by atoms with van der Waals surface area (Å²) in [5.74, 6) is 0.407. The average molecular weight is 326 g/mol. The number of aromatic hydroxyl groups is 1. The van der Waals surface area contributed by atoms with Crippen molar-refractivity contribution < 1.29 is 14.2 Å². The van der Waals surface area contributed by atoms with E-state index in [4.69, 9.17) is 4.74 Å². The SMILES string of the molecule is COc1ccc(CNc2ccc(Br)c(F)c2)c(O)c1. The molecule has 0 heterocycles. The highest BCUT2D eigenvalue weighted by molar-refractivity contribution is 9.10. The van der Waals surface area contributed by atoms with Gasteiger partial charge in [-0.1, -0.05) is 0 Å². The Balaban J connectivity index is 2.07. The Morgan fingerprint density at radius 3 is 2.68 bits per heavy atom. The van der Waals surface area contributed by atoms with Gasteiger partial charge in [0.15, 0.2) is 0 Å². The lowest BCUT2D eigenvalue weighted by molar-refractivity contribution is 0.406. The van der Waals surface area contributed by atoms with Gasteiger partial charge >= 0.3 is 0 Å². The summed E-state index contributed by atoms with van der Waals surface area (Å²) < 4.78 is 18.8. The van der Waals surface area contributed by atoms with E-state index in [2.05, 4.69) is 21.2 Å². The largest absolute Gasteiger partial charge is 0.507 e. The van der Waals surface area contributed by atoms with Gasteiger partial charge in [0.2, 0.25) is 0 Å². The first-order valence-electron chi connectivity index (χ1n) is 5.65. The highest BCUT2D eigenvalue weighted by atomic mass is 79.9. The molecule has 0 unspecified atom stereocenters. The van der Waals surface area contributed by atoms with Crippen LogP contribution in [0.15, 0.2) is 40.9 Å². The van der Waals surface area contributed by atoms with Gasteiger partial charge in [-0.25, -0.2) is 4.39 Å². The van der Waals surface area contributed by atoms with E-state index in [9.17, 15) is 9.50 Å². The molecule has 0 fully saturated rings. The number of methoxy groups -OCH3 is 1. The fraction of sp³-hybridized carbons (Fsp3) is 0.143. The third-order valence-electron chi connectivity index (χ3n) is 2.70. The van der Waals surface area contributed by atoms with Crippen molar-refractivity contribution in [2.75, 3.05) is 12.4 Å². The number of phenols is 1. The van der Waals surface area contributed by atoms with Gasteiger partial charge in [-0.05, 0) is 46.3 Å². The molecule has 0 radical (unpaired) electrons. The van der Waals surface area contributed by atoms with Crippen molar-refractivity contribution >= 4 is 21.6 Å². The molecular formula is C14H13BrFNO2. The van der Waals surface area contributed by atoms with Gasteiger partial charge in [0.1, 0.15) is 17.3 Å². The molecule has 0 amide bonds. The van der Waals surface area contributed by atoms with Crippen LogP contribution in [0.25, 0.3) is 0 Å². The summed E-state index contributed by atoms with van der Waals surface area (Å²) in [6.45, 7) is 0.400. The number of hydrogen-bond acceptors (Lipinski definition) is 3. The van der Waals surface area contributed by atoms with Gasteiger partial charge in [-0.2, -0.15) is 0 Å². The molecule has 0 aromatic heterocycles. The topological polar surface area (TPSA) is 41.5 Å². The summed E-state index contributed by atoms with van der Waals surface area (Å²) >= 11 is 3.10. The first kappa shape index (κ1) is 13.7. The van der Waals surface area contributed by atoms with E-state index in [0.717, 1.165) is 0 Å². The summed E-state index contributed by atoms with van der Waals surface area (Å²) in [6, 6.07) is 9.85. The zero-order valence-electron chi connectivity index (χ0n) is 10.3. The van der Waals surface area contributed by atoms with Crippen LogP contribution in [-0.4, -0.2) is 12.2 Å². The van der Waals surface area contributed by atoms with Gasteiger partial charge in [0.05, 0.1) is 11.6 Å². The molecule has 5 heteroatoms. The maximum Gasteiger partial charge on any atom is 0.139 e. The number of halogens is 2. The molecule has 3 nitrogen and oxygen atoms in total. The fourth-order valence-corrected chi connectivity index (χ4v) is 1.87. The van der Waals surface area contributed by atoms with Crippen molar-refractivity contribution in [3.8, 4) is 11.5 Å². The molecule has 2 aromatic rings. The number of hydrogen-bond donors (Lipinski definition) is 2. The standard InChI is InChI=1S/C14H13BrFNO2/c1-19-11-4-2-9(14(18)7-11)8-17-10-3-5-12(15)13(16)6-10/h2-7,17-18H,8H2,1H3. The third kappa shape index (κ3) is 3.38. The zero-order chi connectivity index (χ0) is 13.8. The van der Waals surface area contributed by atoms with E-state index in [1.807, 2.05) is 0 Å². The molecular weight excluding hydrogens is 313 g/mol. The number of nitrogens with one attached hydrogen (secondary N) is 1. The Hall–Kier alpha value is -1.75. The van der Waals surface area contributed by atoms with Crippen molar-refractivity contribution in [3.05, 3.63) is 52.3 Å². The number of rotatable bonds is 4. The lowest BCUT2D eigenvalue weighted by Crippen LogP contribution is -2.00. The minimum Gasteiger partial charge on any atom is -0.507 e. The summed E-state index contributed by atoms with van der Waals surface area (Å²) in [5, 5.41) is 12.8.